The second kappa shape index (κ2) is 6.65. The van der Waals surface area contributed by atoms with Gasteiger partial charge in [-0.3, -0.25) is 4.90 Å². The second-order valence-corrected chi connectivity index (χ2v) is 8.39. The smallest absolute Gasteiger partial charge is 0.143 e. The molecule has 1 fully saturated rings. The third-order valence-corrected chi connectivity index (χ3v) is 6.56. The number of aliphatic hydroxyl groups is 2. The van der Waals surface area contributed by atoms with Crippen LogP contribution in [0.4, 0.5) is 0 Å². The molecule has 0 radical (unpaired) electrons. The van der Waals surface area contributed by atoms with E-state index in [-0.39, 0.29) is 12.0 Å². The summed E-state index contributed by atoms with van der Waals surface area (Å²) in [5.41, 5.74) is 5.83. The monoisotopic (exact) mass is 378 g/mol. The van der Waals surface area contributed by atoms with Gasteiger partial charge in [0.2, 0.25) is 0 Å². The third-order valence-electron chi connectivity index (χ3n) is 6.56. The highest BCUT2D eigenvalue weighted by molar-refractivity contribution is 5.78. The lowest BCUT2D eigenvalue weighted by molar-refractivity contribution is 0.00680. The molecule has 1 saturated carbocycles. The summed E-state index contributed by atoms with van der Waals surface area (Å²) in [6.45, 7) is 3.90. The summed E-state index contributed by atoms with van der Waals surface area (Å²) < 4.78 is 2.01. The van der Waals surface area contributed by atoms with E-state index in [2.05, 4.69) is 40.1 Å². The molecule has 4 atom stereocenters. The molecule has 6 nitrogen and oxygen atoms in total. The van der Waals surface area contributed by atoms with Crippen LogP contribution < -0.4 is 0 Å². The minimum atomic E-state index is -0.796. The molecule has 28 heavy (non-hydrogen) atoms. The first-order valence-electron chi connectivity index (χ1n) is 9.95. The van der Waals surface area contributed by atoms with Crippen molar-refractivity contribution in [3.8, 4) is 0 Å². The average Bonchev–Trinajstić information content (AvgIpc) is 3.34. The molecule has 0 unspecified atom stereocenters. The lowest BCUT2D eigenvalue weighted by Crippen LogP contribution is -2.30. The maximum absolute atomic E-state index is 10.8. The van der Waals surface area contributed by atoms with Crippen molar-refractivity contribution in [1.82, 2.24) is 19.4 Å². The van der Waals surface area contributed by atoms with Gasteiger partial charge in [-0.05, 0) is 55.5 Å². The third kappa shape index (κ3) is 2.75. The van der Waals surface area contributed by atoms with E-state index in [0.717, 1.165) is 42.7 Å². The standard InChI is InChI=1S/C22H26N4O2/c1-13-17-6-7-26(22(17)24-12-23-13)19-9-16(20(27)21(19)28)8-14-4-3-5-15-10-25(2)11-18(14)15/h3-7,12,16,19-21,27-28H,8-11H2,1-2H3/t16-,19+,20+,21-/m0/s1. The maximum Gasteiger partial charge on any atom is 0.143 e. The topological polar surface area (TPSA) is 74.4 Å². The molecule has 5 rings (SSSR count). The van der Waals surface area contributed by atoms with E-state index in [1.165, 1.54) is 16.7 Å². The predicted octanol–water partition coefficient (Wildman–Crippen LogP) is 2.21. The van der Waals surface area contributed by atoms with Gasteiger partial charge in [-0.25, -0.2) is 9.97 Å². The minimum absolute atomic E-state index is 0.0257. The summed E-state index contributed by atoms with van der Waals surface area (Å²) in [6, 6.07) is 8.30. The Labute approximate surface area is 164 Å². The molecular weight excluding hydrogens is 352 g/mol. The second-order valence-electron chi connectivity index (χ2n) is 8.39. The van der Waals surface area contributed by atoms with Crippen molar-refractivity contribution in [3.05, 3.63) is 59.2 Å². The minimum Gasteiger partial charge on any atom is -0.390 e. The fourth-order valence-corrected chi connectivity index (χ4v) is 5.07. The summed E-state index contributed by atoms with van der Waals surface area (Å²) in [6.07, 6.45) is 3.52. The van der Waals surface area contributed by atoms with E-state index in [4.69, 9.17) is 0 Å². The molecule has 3 heterocycles. The molecule has 0 spiro atoms. The van der Waals surface area contributed by atoms with Gasteiger partial charge in [0.15, 0.2) is 0 Å². The molecule has 3 aromatic rings. The van der Waals surface area contributed by atoms with E-state index in [9.17, 15) is 10.2 Å². The number of fused-ring (bicyclic) bond motifs is 2. The molecule has 146 valence electrons. The van der Waals surface area contributed by atoms with Crippen LogP contribution in [-0.4, -0.2) is 48.9 Å². The van der Waals surface area contributed by atoms with Gasteiger partial charge in [0.05, 0.1) is 17.8 Å². The number of nitrogens with zero attached hydrogens (tertiary/aromatic N) is 4. The molecule has 2 aromatic heterocycles. The number of rotatable bonds is 3. The van der Waals surface area contributed by atoms with E-state index >= 15 is 0 Å². The number of aryl methyl sites for hydroxylation is 1. The van der Waals surface area contributed by atoms with Crippen LogP contribution in [0.2, 0.25) is 0 Å². The van der Waals surface area contributed by atoms with E-state index in [1.54, 1.807) is 6.33 Å². The van der Waals surface area contributed by atoms with E-state index < -0.39 is 12.2 Å². The lowest BCUT2D eigenvalue weighted by Gasteiger charge is -2.19. The SMILES string of the molecule is Cc1ncnc2c1ccn2[C@@H]1C[C@H](Cc2cccc3c2CN(C)C3)[C@@H](O)[C@H]1O. The highest BCUT2D eigenvalue weighted by Gasteiger charge is 2.43. The largest absolute Gasteiger partial charge is 0.390 e. The van der Waals surface area contributed by atoms with E-state index in [1.807, 2.05) is 23.8 Å². The van der Waals surface area contributed by atoms with Crippen LogP contribution >= 0.6 is 0 Å². The molecule has 1 aromatic carbocycles. The fourth-order valence-electron chi connectivity index (χ4n) is 5.07. The van der Waals surface area contributed by atoms with Gasteiger partial charge in [-0.15, -0.1) is 0 Å². The van der Waals surface area contributed by atoms with Crippen LogP contribution in [0.25, 0.3) is 11.0 Å². The summed E-state index contributed by atoms with van der Waals surface area (Å²) in [7, 11) is 2.13. The first kappa shape index (κ1) is 17.8. The number of aromatic nitrogens is 3. The molecule has 2 N–H and O–H groups in total. The zero-order chi connectivity index (χ0) is 19.4. The van der Waals surface area contributed by atoms with Crippen molar-refractivity contribution in [2.45, 2.75) is 51.1 Å². The van der Waals surface area contributed by atoms with Crippen LogP contribution in [0.3, 0.4) is 0 Å². The van der Waals surface area contributed by atoms with Crippen molar-refractivity contribution < 1.29 is 10.2 Å². The van der Waals surface area contributed by atoms with Crippen LogP contribution in [0.15, 0.2) is 36.8 Å². The van der Waals surface area contributed by atoms with Gasteiger partial charge in [0.25, 0.3) is 0 Å². The van der Waals surface area contributed by atoms with Gasteiger partial charge in [0, 0.05) is 24.7 Å². The number of hydrogen-bond acceptors (Lipinski definition) is 5. The van der Waals surface area contributed by atoms with Crippen LogP contribution in [0.1, 0.15) is 34.8 Å². The lowest BCUT2D eigenvalue weighted by atomic mass is 9.91. The molecule has 1 aliphatic carbocycles. The van der Waals surface area contributed by atoms with Gasteiger partial charge in [-0.1, -0.05) is 18.2 Å². The van der Waals surface area contributed by atoms with Gasteiger partial charge < -0.3 is 14.8 Å². The molecule has 2 aliphatic rings. The zero-order valence-corrected chi connectivity index (χ0v) is 16.3. The Hall–Kier alpha value is -2.28. The molecule has 0 amide bonds. The maximum atomic E-state index is 10.8. The highest BCUT2D eigenvalue weighted by Crippen LogP contribution is 2.40. The zero-order valence-electron chi connectivity index (χ0n) is 16.3. The van der Waals surface area contributed by atoms with Gasteiger partial charge in [-0.2, -0.15) is 0 Å². The van der Waals surface area contributed by atoms with Crippen molar-refractivity contribution in [3.63, 3.8) is 0 Å². The van der Waals surface area contributed by atoms with E-state index in [0.29, 0.717) is 0 Å². The van der Waals surface area contributed by atoms with Crippen molar-refractivity contribution in [1.29, 1.82) is 0 Å². The molecule has 1 aliphatic heterocycles. The molecular formula is C22H26N4O2. The summed E-state index contributed by atoms with van der Waals surface area (Å²) in [5, 5.41) is 22.6. The van der Waals surface area contributed by atoms with Crippen molar-refractivity contribution in [2.24, 2.45) is 5.92 Å². The number of benzene rings is 1. The Morgan fingerprint density at radius 3 is 2.82 bits per heavy atom. The van der Waals surface area contributed by atoms with Crippen LogP contribution in [-0.2, 0) is 19.5 Å². The molecule has 0 saturated heterocycles. The average molecular weight is 378 g/mol. The van der Waals surface area contributed by atoms with Crippen LogP contribution in [0.5, 0.6) is 0 Å². The Balaban J connectivity index is 1.43. The quantitative estimate of drug-likeness (QED) is 0.731. The predicted molar refractivity (Wildman–Crippen MR) is 107 cm³/mol. The van der Waals surface area contributed by atoms with Crippen molar-refractivity contribution >= 4 is 11.0 Å². The van der Waals surface area contributed by atoms with Gasteiger partial charge >= 0.3 is 0 Å². The summed E-state index contributed by atoms with van der Waals surface area (Å²) >= 11 is 0. The Kier molecular flexibility index (Phi) is 4.23. The molecule has 6 heteroatoms. The normalized spacial score (nSPS) is 27.6. The number of hydrogen-bond donors (Lipinski definition) is 2. The van der Waals surface area contributed by atoms with Crippen LogP contribution in [0, 0.1) is 12.8 Å². The highest BCUT2D eigenvalue weighted by atomic mass is 16.3. The van der Waals surface area contributed by atoms with Crippen molar-refractivity contribution in [2.75, 3.05) is 7.05 Å². The Bertz CT molecular complexity index is 1030. The number of aliphatic hydroxyl groups excluding tert-OH is 2. The summed E-state index contributed by atoms with van der Waals surface area (Å²) in [4.78, 5) is 11.0. The first-order chi connectivity index (χ1) is 13.5. The first-order valence-corrected chi connectivity index (χ1v) is 9.95. The Morgan fingerprint density at radius 1 is 1.11 bits per heavy atom. The molecule has 0 bridgehead atoms. The Morgan fingerprint density at radius 2 is 1.96 bits per heavy atom. The van der Waals surface area contributed by atoms with Gasteiger partial charge in [0.1, 0.15) is 18.1 Å². The fraction of sp³-hybridized carbons (Fsp3) is 0.455. The summed E-state index contributed by atoms with van der Waals surface area (Å²) in [5.74, 6) is 0.0257.